The van der Waals surface area contributed by atoms with Crippen LogP contribution < -0.4 is 10.2 Å². The highest BCUT2D eigenvalue weighted by molar-refractivity contribution is 7.99. The van der Waals surface area contributed by atoms with Gasteiger partial charge in [0, 0.05) is 18.2 Å². The minimum absolute atomic E-state index is 0.359. The molecule has 196 valence electrons. The van der Waals surface area contributed by atoms with Gasteiger partial charge in [-0.2, -0.15) is 23.5 Å². The van der Waals surface area contributed by atoms with Gasteiger partial charge in [-0.25, -0.2) is 4.79 Å². The van der Waals surface area contributed by atoms with Gasteiger partial charge in [0.15, 0.2) is 0 Å². The summed E-state index contributed by atoms with van der Waals surface area (Å²) in [5.41, 5.74) is 6.34. The van der Waals surface area contributed by atoms with Crippen LogP contribution in [0.1, 0.15) is 40.7 Å². The topological polar surface area (TPSA) is 82.5 Å². The number of aliphatic carboxylic acids is 1. The number of nitrogens with one attached hydrogen (secondary N) is 1. The number of carbonyl (C=O) groups excluding carboxylic acids is 1. The van der Waals surface area contributed by atoms with Crippen molar-refractivity contribution in [3.05, 3.63) is 70.9 Å². The van der Waals surface area contributed by atoms with Crippen molar-refractivity contribution in [3.8, 4) is 11.1 Å². The molecular formula is C28H33N3O3S3. The van der Waals surface area contributed by atoms with Gasteiger partial charge in [-0.05, 0) is 84.1 Å². The van der Waals surface area contributed by atoms with Gasteiger partial charge < -0.3 is 15.3 Å². The number of anilines is 1. The highest BCUT2D eigenvalue weighted by Gasteiger charge is 2.25. The number of thioether (sulfide) groups is 2. The van der Waals surface area contributed by atoms with E-state index in [2.05, 4.69) is 21.3 Å². The van der Waals surface area contributed by atoms with E-state index in [1.54, 1.807) is 23.1 Å². The number of carboxylic acid groups (broad SMARTS) is 1. The molecule has 2 heterocycles. The molecule has 37 heavy (non-hydrogen) atoms. The van der Waals surface area contributed by atoms with Crippen molar-refractivity contribution in [2.45, 2.75) is 44.8 Å². The molecule has 1 atom stereocenters. The Morgan fingerprint density at radius 3 is 2.65 bits per heavy atom. The largest absolute Gasteiger partial charge is 0.480 e. The van der Waals surface area contributed by atoms with E-state index in [-0.39, 0.29) is 5.91 Å². The maximum Gasteiger partial charge on any atom is 0.326 e. The zero-order valence-electron chi connectivity index (χ0n) is 21.2. The van der Waals surface area contributed by atoms with Crippen molar-refractivity contribution in [2.24, 2.45) is 0 Å². The van der Waals surface area contributed by atoms with Gasteiger partial charge in [0.2, 0.25) is 0 Å². The number of nitrogens with zero attached hydrogens (tertiary/aromatic N) is 2. The summed E-state index contributed by atoms with van der Waals surface area (Å²) in [6.07, 6.45) is 6.53. The Bertz CT molecular complexity index is 1200. The standard InChI is InChI=1S/C28H33N3O3S3/c1-19-5-3-4-6-22(19)24-15-20(7-8-23(24)27(32)30-25(28(33)34)11-12-35-2)17-31(26-16-29-18-37-26)21-9-13-36-14-10-21/h3-8,15-16,18,21,25H,9-14,17H2,1-2H3,(H,30,32)(H,33,34). The molecule has 1 amide bonds. The number of aryl methyl sites for hydroxylation is 1. The number of carboxylic acids is 1. The van der Waals surface area contributed by atoms with Crippen molar-refractivity contribution in [1.29, 1.82) is 0 Å². The molecule has 0 saturated carbocycles. The Morgan fingerprint density at radius 2 is 1.97 bits per heavy atom. The molecular weight excluding hydrogens is 523 g/mol. The molecule has 1 fully saturated rings. The lowest BCUT2D eigenvalue weighted by atomic mass is 9.93. The highest BCUT2D eigenvalue weighted by Crippen LogP contribution is 2.33. The highest BCUT2D eigenvalue weighted by atomic mass is 32.2. The second kappa shape index (κ2) is 13.3. The summed E-state index contributed by atoms with van der Waals surface area (Å²) in [7, 11) is 0. The van der Waals surface area contributed by atoms with E-state index >= 15 is 0 Å². The van der Waals surface area contributed by atoms with E-state index < -0.39 is 12.0 Å². The van der Waals surface area contributed by atoms with Crippen LogP contribution in [-0.2, 0) is 11.3 Å². The number of hydrogen-bond donors (Lipinski definition) is 2. The zero-order chi connectivity index (χ0) is 26.2. The second-order valence-corrected chi connectivity index (χ2v) is 12.2. The molecule has 2 N–H and O–H groups in total. The third-order valence-electron chi connectivity index (χ3n) is 6.66. The first-order valence-corrected chi connectivity index (χ1v) is 15.8. The first kappa shape index (κ1) is 27.5. The minimum atomic E-state index is -1.01. The SMILES string of the molecule is CSCCC(NC(=O)c1ccc(CN(c2cncs2)C2CCSCC2)cc1-c1ccccc1C)C(=O)O. The van der Waals surface area contributed by atoms with Gasteiger partial charge in [0.1, 0.15) is 11.0 Å². The van der Waals surface area contributed by atoms with Crippen LogP contribution in [0.15, 0.2) is 54.2 Å². The van der Waals surface area contributed by atoms with Gasteiger partial charge >= 0.3 is 5.97 Å². The van der Waals surface area contributed by atoms with Gasteiger partial charge in [0.25, 0.3) is 5.91 Å². The fraction of sp³-hybridized carbons (Fsp3) is 0.393. The molecule has 1 aliphatic rings. The summed E-state index contributed by atoms with van der Waals surface area (Å²) in [6.45, 7) is 2.76. The normalized spacial score (nSPS) is 14.8. The summed E-state index contributed by atoms with van der Waals surface area (Å²) in [5, 5.41) is 13.6. The molecule has 6 nitrogen and oxygen atoms in total. The number of benzene rings is 2. The maximum absolute atomic E-state index is 13.4. The van der Waals surface area contributed by atoms with E-state index in [0.29, 0.717) is 23.8 Å². The Balaban J connectivity index is 1.68. The maximum atomic E-state index is 13.4. The fourth-order valence-electron chi connectivity index (χ4n) is 4.65. The monoisotopic (exact) mass is 555 g/mol. The predicted molar refractivity (Wildman–Crippen MR) is 157 cm³/mol. The summed E-state index contributed by atoms with van der Waals surface area (Å²) in [4.78, 5) is 32.0. The summed E-state index contributed by atoms with van der Waals surface area (Å²) >= 11 is 5.23. The molecule has 0 aliphatic carbocycles. The van der Waals surface area contributed by atoms with E-state index in [1.165, 1.54) is 0 Å². The van der Waals surface area contributed by atoms with E-state index in [0.717, 1.165) is 58.1 Å². The van der Waals surface area contributed by atoms with Crippen LogP contribution in [0.4, 0.5) is 5.00 Å². The predicted octanol–water partition coefficient (Wildman–Crippen LogP) is 5.96. The van der Waals surface area contributed by atoms with Gasteiger partial charge in [0.05, 0.1) is 11.7 Å². The molecule has 0 spiro atoms. The Labute approximate surface area is 231 Å². The number of amides is 1. The summed E-state index contributed by atoms with van der Waals surface area (Å²) in [5.74, 6) is 1.61. The lowest BCUT2D eigenvalue weighted by Crippen LogP contribution is -2.41. The molecule has 3 aromatic rings. The van der Waals surface area contributed by atoms with Crippen LogP contribution in [0.5, 0.6) is 0 Å². The fourth-order valence-corrected chi connectivity index (χ4v) is 6.90. The lowest BCUT2D eigenvalue weighted by Gasteiger charge is -2.35. The number of rotatable bonds is 11. The molecule has 1 aliphatic heterocycles. The van der Waals surface area contributed by atoms with Crippen LogP contribution in [0, 0.1) is 6.92 Å². The van der Waals surface area contributed by atoms with Gasteiger partial charge in [-0.3, -0.25) is 9.78 Å². The molecule has 4 rings (SSSR count). The van der Waals surface area contributed by atoms with Gasteiger partial charge in [-0.15, -0.1) is 11.3 Å². The number of aromatic nitrogens is 1. The Kier molecular flexibility index (Phi) is 9.94. The summed E-state index contributed by atoms with van der Waals surface area (Å²) < 4.78 is 0. The lowest BCUT2D eigenvalue weighted by molar-refractivity contribution is -0.139. The Hall–Kier alpha value is -2.49. The first-order chi connectivity index (χ1) is 18.0. The zero-order valence-corrected chi connectivity index (χ0v) is 23.6. The molecule has 1 aromatic heterocycles. The quantitative estimate of drug-likeness (QED) is 0.302. The molecule has 1 unspecified atom stereocenters. The molecule has 0 radical (unpaired) electrons. The van der Waals surface area contributed by atoms with Crippen molar-refractivity contribution in [1.82, 2.24) is 10.3 Å². The van der Waals surface area contributed by atoms with Crippen molar-refractivity contribution < 1.29 is 14.7 Å². The van der Waals surface area contributed by atoms with Crippen LogP contribution in [0.25, 0.3) is 11.1 Å². The molecule has 9 heteroatoms. The van der Waals surface area contributed by atoms with Crippen LogP contribution in [0.2, 0.25) is 0 Å². The van der Waals surface area contributed by atoms with E-state index in [4.69, 9.17) is 0 Å². The van der Waals surface area contributed by atoms with E-state index in [9.17, 15) is 14.7 Å². The number of thiazole rings is 1. The average Bonchev–Trinajstić information content (AvgIpc) is 3.45. The van der Waals surface area contributed by atoms with E-state index in [1.807, 2.05) is 73.0 Å². The molecule has 0 bridgehead atoms. The average molecular weight is 556 g/mol. The molecule has 1 saturated heterocycles. The van der Waals surface area contributed by atoms with Gasteiger partial charge in [-0.1, -0.05) is 30.3 Å². The smallest absolute Gasteiger partial charge is 0.326 e. The van der Waals surface area contributed by atoms with Crippen molar-refractivity contribution in [3.63, 3.8) is 0 Å². The third-order valence-corrected chi connectivity index (χ3v) is 9.17. The van der Waals surface area contributed by atoms with Crippen molar-refractivity contribution >= 4 is 51.7 Å². The number of carbonyl (C=O) groups is 2. The minimum Gasteiger partial charge on any atom is -0.480 e. The third kappa shape index (κ3) is 7.09. The first-order valence-electron chi connectivity index (χ1n) is 12.4. The van der Waals surface area contributed by atoms with Crippen LogP contribution in [-0.4, -0.2) is 57.6 Å². The number of hydrogen-bond acceptors (Lipinski definition) is 7. The van der Waals surface area contributed by atoms with Crippen molar-refractivity contribution in [2.75, 3.05) is 28.4 Å². The van der Waals surface area contributed by atoms with Crippen LogP contribution >= 0.6 is 34.9 Å². The molecule has 2 aromatic carbocycles. The summed E-state index contributed by atoms with van der Waals surface area (Å²) in [6, 6.07) is 13.5. The second-order valence-electron chi connectivity index (χ2n) is 9.15. The Morgan fingerprint density at radius 1 is 1.19 bits per heavy atom. The van der Waals surface area contributed by atoms with Crippen LogP contribution in [0.3, 0.4) is 0 Å².